The van der Waals surface area contributed by atoms with Crippen LogP contribution in [0.25, 0.3) is 6.08 Å². The van der Waals surface area contributed by atoms with Gasteiger partial charge in [-0.3, -0.25) is 9.59 Å². The molecule has 190 valence electrons. The third-order valence-electron chi connectivity index (χ3n) is 6.73. The van der Waals surface area contributed by atoms with Crippen LogP contribution in [-0.4, -0.2) is 57.8 Å². The number of nitrogens with zero attached hydrogens (tertiary/aromatic N) is 1. The second-order valence-corrected chi connectivity index (χ2v) is 11.1. The van der Waals surface area contributed by atoms with Gasteiger partial charge < -0.3 is 20.3 Å². The number of aromatic nitrogens is 1. The van der Waals surface area contributed by atoms with Crippen molar-refractivity contribution >= 4 is 29.1 Å². The Kier molecular flexibility index (Phi) is 10.2. The maximum absolute atomic E-state index is 13.1. The summed E-state index contributed by atoms with van der Waals surface area (Å²) in [6, 6.07) is -0.274. The Morgan fingerprint density at radius 2 is 1.94 bits per heavy atom. The first kappa shape index (κ1) is 28.4. The zero-order chi connectivity index (χ0) is 25.6. The number of Topliss-reactive ketones (excluding diaryl/α,β-unsaturated/α-hetero) is 1. The van der Waals surface area contributed by atoms with Crippen LogP contribution in [0.1, 0.15) is 71.5 Å². The number of rotatable bonds is 2. The molecule has 34 heavy (non-hydrogen) atoms. The highest BCUT2D eigenvalue weighted by Gasteiger charge is 2.42. The van der Waals surface area contributed by atoms with Crippen LogP contribution in [0.3, 0.4) is 0 Å². The fraction of sp³-hybridized carbons (Fsp3) is 0.654. The molecule has 5 atom stereocenters. The van der Waals surface area contributed by atoms with Gasteiger partial charge in [-0.25, -0.2) is 4.98 Å². The molecule has 0 saturated carbocycles. The average Bonchev–Trinajstić information content (AvgIpc) is 3.18. The number of carbonyl (C=O) groups excluding carboxylic acids is 2. The standard InChI is InChI=1S/C26H40N2O5S/c1-15-8-9-21(16(2)12-20-14-34-19(5)27-20)28-23(30)13-22(29)26(6,7)25(32)17(3)24(31)18(4)33-11-10-15/h8,12,14,17-18,21-22,24,29,31H,9-11,13H2,1-7H3,(H,28,30)/b15-8-,16-12+/t17-,18-,21+,22+,24-/m1/s1. The van der Waals surface area contributed by atoms with Gasteiger partial charge in [-0.1, -0.05) is 32.4 Å². The Balaban J connectivity index is 2.33. The van der Waals surface area contributed by atoms with Crippen molar-refractivity contribution in [1.82, 2.24) is 10.3 Å². The summed E-state index contributed by atoms with van der Waals surface area (Å²) in [6.07, 6.45) is 2.37. The summed E-state index contributed by atoms with van der Waals surface area (Å²) < 4.78 is 5.82. The molecule has 3 N–H and O–H groups in total. The highest BCUT2D eigenvalue weighted by molar-refractivity contribution is 7.09. The zero-order valence-electron chi connectivity index (χ0n) is 21.4. The van der Waals surface area contributed by atoms with Gasteiger partial charge in [0.2, 0.25) is 5.91 Å². The van der Waals surface area contributed by atoms with E-state index in [0.717, 1.165) is 21.8 Å². The van der Waals surface area contributed by atoms with E-state index in [9.17, 15) is 19.8 Å². The minimum atomic E-state index is -1.20. The molecule has 1 amide bonds. The van der Waals surface area contributed by atoms with E-state index in [0.29, 0.717) is 19.4 Å². The average molecular weight is 493 g/mol. The number of hydrogen-bond donors (Lipinski definition) is 3. The number of thiazole rings is 1. The van der Waals surface area contributed by atoms with Crippen molar-refractivity contribution in [2.24, 2.45) is 11.3 Å². The normalized spacial score (nSPS) is 32.1. The zero-order valence-corrected chi connectivity index (χ0v) is 22.2. The Morgan fingerprint density at radius 1 is 1.26 bits per heavy atom. The van der Waals surface area contributed by atoms with E-state index in [1.165, 1.54) is 0 Å². The van der Waals surface area contributed by atoms with Crippen molar-refractivity contribution in [3.8, 4) is 0 Å². The lowest BCUT2D eigenvalue weighted by molar-refractivity contribution is -0.145. The quantitative estimate of drug-likeness (QED) is 0.542. The number of ketones is 1. The predicted octanol–water partition coefficient (Wildman–Crippen LogP) is 3.83. The summed E-state index contributed by atoms with van der Waals surface area (Å²) in [5, 5.41) is 27.5. The number of ether oxygens (including phenoxy) is 1. The van der Waals surface area contributed by atoms with Crippen molar-refractivity contribution in [3.63, 3.8) is 0 Å². The number of nitrogens with one attached hydrogen (secondary N) is 1. The van der Waals surface area contributed by atoms with Crippen molar-refractivity contribution in [1.29, 1.82) is 0 Å². The van der Waals surface area contributed by atoms with Gasteiger partial charge in [0, 0.05) is 11.3 Å². The Hall–Kier alpha value is -1.87. The second-order valence-electron chi connectivity index (χ2n) is 10.00. The molecule has 0 unspecified atom stereocenters. The fourth-order valence-corrected chi connectivity index (χ4v) is 4.63. The number of hydrogen-bond acceptors (Lipinski definition) is 7. The van der Waals surface area contributed by atoms with Gasteiger partial charge in [0.05, 0.1) is 53.5 Å². The van der Waals surface area contributed by atoms with E-state index < -0.39 is 29.6 Å². The number of aryl methyl sites for hydroxylation is 1. The topological polar surface area (TPSA) is 109 Å². The molecule has 0 bridgehead atoms. The molecule has 8 heteroatoms. The smallest absolute Gasteiger partial charge is 0.223 e. The van der Waals surface area contributed by atoms with Crippen LogP contribution in [0.5, 0.6) is 0 Å². The van der Waals surface area contributed by atoms with Gasteiger partial charge in [-0.2, -0.15) is 0 Å². The first-order valence-corrected chi connectivity index (χ1v) is 12.8. The first-order valence-electron chi connectivity index (χ1n) is 11.9. The molecule has 1 aliphatic heterocycles. The van der Waals surface area contributed by atoms with Crippen LogP contribution in [0, 0.1) is 18.3 Å². The van der Waals surface area contributed by atoms with Gasteiger partial charge in [0.15, 0.2) is 0 Å². The lowest BCUT2D eigenvalue weighted by Gasteiger charge is -2.34. The van der Waals surface area contributed by atoms with Crippen LogP contribution in [-0.2, 0) is 14.3 Å². The molecule has 0 fully saturated rings. The highest BCUT2D eigenvalue weighted by Crippen LogP contribution is 2.30. The molecule has 0 radical (unpaired) electrons. The van der Waals surface area contributed by atoms with E-state index in [-0.39, 0.29) is 24.2 Å². The van der Waals surface area contributed by atoms with E-state index >= 15 is 0 Å². The molecule has 0 spiro atoms. The third-order valence-corrected chi connectivity index (χ3v) is 7.52. The maximum atomic E-state index is 13.1. The molecular formula is C26H40N2O5S. The van der Waals surface area contributed by atoms with Crippen molar-refractivity contribution in [2.75, 3.05) is 6.61 Å². The minimum Gasteiger partial charge on any atom is -0.392 e. The van der Waals surface area contributed by atoms with Crippen LogP contribution < -0.4 is 5.32 Å². The lowest BCUT2D eigenvalue weighted by atomic mass is 9.74. The SMILES string of the molecule is C/C1=C/C[C@@H](/C(C)=C/c2csc(C)n2)NC(=O)C[C@H](O)C(C)(C)C(=O)[C@H](C)[C@@H](O)[C@@H](C)OCC1. The van der Waals surface area contributed by atoms with E-state index in [1.807, 2.05) is 32.2 Å². The Morgan fingerprint density at radius 3 is 2.56 bits per heavy atom. The molecule has 2 rings (SSSR count). The summed E-state index contributed by atoms with van der Waals surface area (Å²) in [5.74, 6) is -1.37. The number of carbonyl (C=O) groups is 2. The van der Waals surface area contributed by atoms with Crippen molar-refractivity contribution < 1.29 is 24.5 Å². The number of aliphatic hydroxyl groups excluding tert-OH is 2. The molecule has 2 heterocycles. The lowest BCUT2D eigenvalue weighted by Crippen LogP contribution is -2.48. The Bertz CT molecular complexity index is 920. The molecule has 0 aromatic carbocycles. The highest BCUT2D eigenvalue weighted by atomic mass is 32.1. The van der Waals surface area contributed by atoms with Gasteiger partial charge in [-0.05, 0) is 52.2 Å². The maximum Gasteiger partial charge on any atom is 0.223 e. The van der Waals surface area contributed by atoms with E-state index in [2.05, 4.69) is 16.4 Å². The van der Waals surface area contributed by atoms with Gasteiger partial charge >= 0.3 is 0 Å². The summed E-state index contributed by atoms with van der Waals surface area (Å²) in [5.41, 5.74) is 1.71. The molecule has 0 saturated heterocycles. The summed E-state index contributed by atoms with van der Waals surface area (Å²) >= 11 is 1.57. The monoisotopic (exact) mass is 492 g/mol. The number of amides is 1. The number of aliphatic hydroxyl groups is 2. The van der Waals surface area contributed by atoms with Crippen LogP contribution in [0.2, 0.25) is 0 Å². The van der Waals surface area contributed by atoms with E-state index in [4.69, 9.17) is 4.74 Å². The summed E-state index contributed by atoms with van der Waals surface area (Å²) in [6.45, 7) is 12.9. The van der Waals surface area contributed by atoms with Gasteiger partial charge in [0.1, 0.15) is 5.78 Å². The first-order chi connectivity index (χ1) is 15.8. The molecule has 1 aliphatic rings. The third kappa shape index (κ3) is 7.57. The van der Waals surface area contributed by atoms with Gasteiger partial charge in [-0.15, -0.1) is 11.3 Å². The summed E-state index contributed by atoms with van der Waals surface area (Å²) in [7, 11) is 0. The molecule has 1 aromatic rings. The van der Waals surface area contributed by atoms with Crippen LogP contribution in [0.15, 0.2) is 22.6 Å². The molecule has 1 aromatic heterocycles. The van der Waals surface area contributed by atoms with E-state index in [1.54, 1.807) is 39.0 Å². The second kappa shape index (κ2) is 12.2. The van der Waals surface area contributed by atoms with Crippen LogP contribution >= 0.6 is 11.3 Å². The minimum absolute atomic E-state index is 0.212. The largest absolute Gasteiger partial charge is 0.392 e. The van der Waals surface area contributed by atoms with Crippen molar-refractivity contribution in [2.45, 2.75) is 92.1 Å². The van der Waals surface area contributed by atoms with Crippen LogP contribution in [0.4, 0.5) is 0 Å². The van der Waals surface area contributed by atoms with Crippen molar-refractivity contribution in [3.05, 3.63) is 33.3 Å². The Labute approximate surface area is 207 Å². The molecular weight excluding hydrogens is 452 g/mol. The summed E-state index contributed by atoms with van der Waals surface area (Å²) in [4.78, 5) is 30.5. The fourth-order valence-electron chi connectivity index (χ4n) is 4.06. The van der Waals surface area contributed by atoms with Gasteiger partial charge in [0.25, 0.3) is 0 Å². The molecule has 0 aliphatic carbocycles. The predicted molar refractivity (Wildman–Crippen MR) is 135 cm³/mol. The molecule has 7 nitrogen and oxygen atoms in total.